The van der Waals surface area contributed by atoms with Crippen molar-refractivity contribution in [1.82, 2.24) is 4.90 Å². The molecule has 2 heterocycles. The number of phenols is 1. The van der Waals surface area contributed by atoms with Gasteiger partial charge in [-0.05, 0) is 78.1 Å². The Morgan fingerprint density at radius 3 is 2.58 bits per heavy atom. The van der Waals surface area contributed by atoms with E-state index in [4.69, 9.17) is 9.47 Å². The Bertz CT molecular complexity index is 859. The summed E-state index contributed by atoms with van der Waals surface area (Å²) in [5.41, 5.74) is 5.45. The molecule has 0 spiro atoms. The molecule has 2 aliphatic heterocycles. The first-order chi connectivity index (χ1) is 12.7. The van der Waals surface area contributed by atoms with Crippen LogP contribution in [0.1, 0.15) is 47.2 Å². The van der Waals surface area contributed by atoms with Crippen LogP contribution in [0.2, 0.25) is 0 Å². The van der Waals surface area contributed by atoms with E-state index in [1.165, 1.54) is 35.1 Å². The molecule has 0 radical (unpaired) electrons. The molecule has 1 unspecified atom stereocenters. The molecule has 0 amide bonds. The van der Waals surface area contributed by atoms with E-state index in [1.54, 1.807) is 14.2 Å². The average Bonchev–Trinajstić information content (AvgIpc) is 3.50. The molecule has 2 aromatic rings. The van der Waals surface area contributed by atoms with Gasteiger partial charge in [-0.1, -0.05) is 6.07 Å². The van der Waals surface area contributed by atoms with Crippen LogP contribution < -0.4 is 9.47 Å². The molecule has 0 saturated heterocycles. The van der Waals surface area contributed by atoms with Gasteiger partial charge in [-0.3, -0.25) is 4.90 Å². The lowest BCUT2D eigenvalue weighted by atomic mass is 9.79. The zero-order valence-corrected chi connectivity index (χ0v) is 15.4. The highest BCUT2D eigenvalue weighted by molar-refractivity contribution is 5.51. The van der Waals surface area contributed by atoms with Crippen LogP contribution >= 0.6 is 0 Å². The second-order valence-electron chi connectivity index (χ2n) is 7.78. The van der Waals surface area contributed by atoms with Crippen molar-refractivity contribution in [1.29, 1.82) is 0 Å². The van der Waals surface area contributed by atoms with E-state index in [-0.39, 0.29) is 5.75 Å². The molecule has 1 fully saturated rings. The third-order valence-corrected chi connectivity index (χ3v) is 6.35. The number of methoxy groups -OCH3 is 2. The summed E-state index contributed by atoms with van der Waals surface area (Å²) in [6.45, 7) is 1.08. The molecule has 0 aromatic heterocycles. The second kappa shape index (κ2) is 5.92. The maximum absolute atomic E-state index is 10.3. The van der Waals surface area contributed by atoms with Crippen LogP contribution in [0.4, 0.5) is 0 Å². The zero-order valence-electron chi connectivity index (χ0n) is 15.4. The number of ether oxygens (including phenoxy) is 2. The first-order valence-electron chi connectivity index (χ1n) is 9.52. The Morgan fingerprint density at radius 2 is 1.85 bits per heavy atom. The fourth-order valence-electron chi connectivity index (χ4n) is 4.96. The van der Waals surface area contributed by atoms with Crippen LogP contribution in [0.15, 0.2) is 30.3 Å². The lowest BCUT2D eigenvalue weighted by molar-refractivity contribution is 0.0922. The third kappa shape index (κ3) is 2.39. The lowest BCUT2D eigenvalue weighted by Gasteiger charge is -2.47. The van der Waals surface area contributed by atoms with Gasteiger partial charge in [-0.15, -0.1) is 0 Å². The van der Waals surface area contributed by atoms with Gasteiger partial charge in [-0.25, -0.2) is 0 Å². The number of hydrogen-bond donors (Lipinski definition) is 1. The molecule has 1 aliphatic carbocycles. The van der Waals surface area contributed by atoms with Gasteiger partial charge in [0.2, 0.25) is 0 Å². The van der Waals surface area contributed by atoms with Crippen molar-refractivity contribution in [2.24, 2.45) is 5.92 Å². The quantitative estimate of drug-likeness (QED) is 0.907. The van der Waals surface area contributed by atoms with Gasteiger partial charge in [0.25, 0.3) is 0 Å². The van der Waals surface area contributed by atoms with Crippen LogP contribution in [0.5, 0.6) is 17.2 Å². The number of fused-ring (bicyclic) bond motifs is 4. The number of benzene rings is 2. The Kier molecular flexibility index (Phi) is 3.64. The third-order valence-electron chi connectivity index (χ3n) is 6.35. The summed E-state index contributed by atoms with van der Waals surface area (Å²) >= 11 is 0. The molecule has 136 valence electrons. The first-order valence-corrected chi connectivity index (χ1v) is 9.52. The maximum Gasteiger partial charge on any atom is 0.160 e. The minimum absolute atomic E-state index is 0.250. The van der Waals surface area contributed by atoms with Gasteiger partial charge in [0.05, 0.1) is 14.2 Å². The smallest absolute Gasteiger partial charge is 0.160 e. The van der Waals surface area contributed by atoms with Gasteiger partial charge in [0.15, 0.2) is 11.5 Å². The van der Waals surface area contributed by atoms with E-state index in [0.717, 1.165) is 31.1 Å². The molecule has 2 aromatic carbocycles. The monoisotopic (exact) mass is 351 g/mol. The molecule has 5 rings (SSSR count). The highest BCUT2D eigenvalue weighted by atomic mass is 16.5. The molecular weight excluding hydrogens is 326 g/mol. The van der Waals surface area contributed by atoms with Crippen LogP contribution in [0.25, 0.3) is 0 Å². The number of hydrogen-bond acceptors (Lipinski definition) is 4. The fourth-order valence-corrected chi connectivity index (χ4v) is 4.96. The average molecular weight is 351 g/mol. The molecule has 2 atom stereocenters. The summed E-state index contributed by atoms with van der Waals surface area (Å²) in [5.74, 6) is 2.51. The summed E-state index contributed by atoms with van der Waals surface area (Å²) in [6, 6.07) is 11.3. The predicted octanol–water partition coefficient (Wildman–Crippen LogP) is 4.02. The predicted molar refractivity (Wildman–Crippen MR) is 100.0 cm³/mol. The van der Waals surface area contributed by atoms with Crippen molar-refractivity contribution in [3.8, 4) is 17.2 Å². The van der Waals surface area contributed by atoms with Gasteiger partial charge >= 0.3 is 0 Å². The number of nitrogens with zero attached hydrogens (tertiary/aromatic N) is 1. The van der Waals surface area contributed by atoms with Crippen molar-refractivity contribution >= 4 is 0 Å². The van der Waals surface area contributed by atoms with E-state index < -0.39 is 0 Å². The largest absolute Gasteiger partial charge is 0.504 e. The Labute approximate surface area is 154 Å². The lowest BCUT2D eigenvalue weighted by Crippen LogP contribution is -2.43. The minimum atomic E-state index is 0.250. The Hall–Kier alpha value is -2.20. The number of rotatable bonds is 3. The van der Waals surface area contributed by atoms with Crippen molar-refractivity contribution in [2.75, 3.05) is 20.8 Å². The first kappa shape index (κ1) is 16.0. The summed E-state index contributed by atoms with van der Waals surface area (Å²) in [4.78, 5) is 2.70. The maximum atomic E-state index is 10.3. The SMILES string of the molecule is COc1ccc2c(c1)CCN1C(C3CC3)c3cc(OC)c(O)cc3C[C@@H]21. The van der Waals surface area contributed by atoms with E-state index in [9.17, 15) is 5.11 Å². The van der Waals surface area contributed by atoms with Crippen molar-refractivity contribution in [3.05, 3.63) is 52.6 Å². The molecular formula is C22H25NO3. The van der Waals surface area contributed by atoms with Crippen molar-refractivity contribution < 1.29 is 14.6 Å². The highest BCUT2D eigenvalue weighted by Gasteiger charge is 2.45. The molecule has 3 aliphatic rings. The van der Waals surface area contributed by atoms with Crippen LogP contribution in [-0.4, -0.2) is 30.8 Å². The fraction of sp³-hybridized carbons (Fsp3) is 0.455. The van der Waals surface area contributed by atoms with Gasteiger partial charge in [0, 0.05) is 18.6 Å². The topological polar surface area (TPSA) is 41.9 Å². The Balaban J connectivity index is 1.61. The van der Waals surface area contributed by atoms with Gasteiger partial charge < -0.3 is 14.6 Å². The van der Waals surface area contributed by atoms with E-state index in [2.05, 4.69) is 29.2 Å². The number of phenolic OH excluding ortho intramolecular Hbond substituents is 1. The molecule has 0 bridgehead atoms. The second-order valence-corrected chi connectivity index (χ2v) is 7.78. The van der Waals surface area contributed by atoms with Gasteiger partial charge in [-0.2, -0.15) is 0 Å². The highest BCUT2D eigenvalue weighted by Crippen LogP contribution is 2.54. The van der Waals surface area contributed by atoms with E-state index >= 15 is 0 Å². The standard InChI is InChI=1S/C22H25NO3/c1-25-16-5-6-17-14(9-16)7-8-23-19(17)10-15-11-20(24)21(26-2)12-18(15)22(23)13-3-4-13/h5-6,9,11-13,19,22,24H,3-4,7-8,10H2,1-2H3/t19-,22?/m0/s1. The van der Waals surface area contributed by atoms with Crippen LogP contribution in [0, 0.1) is 5.92 Å². The summed E-state index contributed by atoms with van der Waals surface area (Å²) in [6.07, 6.45) is 4.60. The zero-order chi connectivity index (χ0) is 17.8. The minimum Gasteiger partial charge on any atom is -0.504 e. The Morgan fingerprint density at radius 1 is 1.00 bits per heavy atom. The van der Waals surface area contributed by atoms with Gasteiger partial charge in [0.1, 0.15) is 5.75 Å². The van der Waals surface area contributed by atoms with Crippen LogP contribution in [-0.2, 0) is 12.8 Å². The van der Waals surface area contributed by atoms with E-state index in [1.807, 2.05) is 6.07 Å². The molecule has 26 heavy (non-hydrogen) atoms. The molecule has 1 saturated carbocycles. The molecule has 4 heteroatoms. The van der Waals surface area contributed by atoms with Crippen molar-refractivity contribution in [2.45, 2.75) is 37.8 Å². The summed E-state index contributed by atoms with van der Waals surface area (Å²) in [5, 5.41) is 10.3. The summed E-state index contributed by atoms with van der Waals surface area (Å²) < 4.78 is 10.8. The number of aromatic hydroxyl groups is 1. The molecule has 4 nitrogen and oxygen atoms in total. The van der Waals surface area contributed by atoms with Crippen molar-refractivity contribution in [3.63, 3.8) is 0 Å². The van der Waals surface area contributed by atoms with E-state index in [0.29, 0.717) is 17.8 Å². The summed E-state index contributed by atoms with van der Waals surface area (Å²) in [7, 11) is 3.36. The molecule has 1 N–H and O–H groups in total. The normalized spacial score (nSPS) is 24.4. The van der Waals surface area contributed by atoms with Crippen LogP contribution in [0.3, 0.4) is 0 Å².